The second kappa shape index (κ2) is 10.9. The Morgan fingerprint density at radius 1 is 0.340 bits per heavy atom. The molecule has 9 aromatic rings. The summed E-state index contributed by atoms with van der Waals surface area (Å²) in [6, 6.07) is 61.6. The molecule has 10 rings (SSSR count). The Balaban J connectivity index is 1.31. The van der Waals surface area contributed by atoms with E-state index in [1.165, 1.54) is 104 Å². The van der Waals surface area contributed by atoms with Crippen LogP contribution in [-0.4, -0.2) is 8.07 Å². The molecule has 0 spiro atoms. The number of benzene rings is 9. The standard InChI is InChI=1S/C49H36Si/c1-31-23-28-42(38-17-7-6-15-35(31)38)49-41-20-9-8-19-40(41)48(34-26-24-33(25-27-34)37-21-12-14-32-13-4-5-16-36(32)37)44-29-43-39-18-10-11-22-46(39)50(2,3)47(43)30-45(44)49/h4-30H,1-3H3. The molecule has 0 bridgehead atoms. The molecule has 0 radical (unpaired) electrons. The Bertz CT molecular complexity index is 2830. The van der Waals surface area contributed by atoms with Gasteiger partial charge >= 0.3 is 0 Å². The SMILES string of the molecule is Cc1ccc(-c2c3ccccc3c(-c3ccc(-c4cccc5ccccc45)cc3)c3cc4c(cc23)[Si](C)(C)c2ccccc2-4)c2ccccc12. The first-order chi connectivity index (χ1) is 24.5. The monoisotopic (exact) mass is 652 g/mol. The molecular weight excluding hydrogens is 617 g/mol. The highest BCUT2D eigenvalue weighted by Crippen LogP contribution is 2.47. The van der Waals surface area contributed by atoms with Crippen LogP contribution < -0.4 is 10.4 Å². The summed E-state index contributed by atoms with van der Waals surface area (Å²) in [4.78, 5) is 0. The lowest BCUT2D eigenvalue weighted by Gasteiger charge is -2.23. The van der Waals surface area contributed by atoms with E-state index in [4.69, 9.17) is 0 Å². The van der Waals surface area contributed by atoms with E-state index in [1.54, 1.807) is 0 Å². The van der Waals surface area contributed by atoms with Crippen LogP contribution in [0.1, 0.15) is 5.56 Å². The van der Waals surface area contributed by atoms with E-state index in [0.29, 0.717) is 0 Å². The highest BCUT2D eigenvalue weighted by Gasteiger charge is 2.38. The Hall–Kier alpha value is -5.76. The van der Waals surface area contributed by atoms with E-state index in [0.717, 1.165) is 0 Å². The lowest BCUT2D eigenvalue weighted by atomic mass is 9.83. The zero-order chi connectivity index (χ0) is 33.6. The van der Waals surface area contributed by atoms with Gasteiger partial charge in [-0.3, -0.25) is 0 Å². The topological polar surface area (TPSA) is 0 Å². The minimum absolute atomic E-state index is 1.24. The van der Waals surface area contributed by atoms with Gasteiger partial charge in [0.15, 0.2) is 0 Å². The van der Waals surface area contributed by atoms with Crippen LogP contribution in [0.4, 0.5) is 0 Å². The molecule has 1 heteroatoms. The maximum Gasteiger partial charge on any atom is 0.113 e. The van der Waals surface area contributed by atoms with Crippen molar-refractivity contribution in [2.45, 2.75) is 20.0 Å². The van der Waals surface area contributed by atoms with Gasteiger partial charge in [0.1, 0.15) is 8.07 Å². The second-order valence-electron chi connectivity index (χ2n) is 14.5. The van der Waals surface area contributed by atoms with Crippen LogP contribution in [0.15, 0.2) is 164 Å². The van der Waals surface area contributed by atoms with Gasteiger partial charge in [-0.1, -0.05) is 171 Å². The van der Waals surface area contributed by atoms with Crippen LogP contribution >= 0.6 is 0 Å². The maximum absolute atomic E-state index is 2.60. The number of hydrogen-bond donors (Lipinski definition) is 0. The van der Waals surface area contributed by atoms with Crippen LogP contribution in [-0.2, 0) is 0 Å². The first-order valence-corrected chi connectivity index (χ1v) is 20.7. The summed E-state index contributed by atoms with van der Waals surface area (Å²) in [6.45, 7) is 7.28. The molecule has 236 valence electrons. The third-order valence-electron chi connectivity index (χ3n) is 11.4. The first kappa shape index (κ1) is 29.2. The molecule has 0 aromatic heterocycles. The number of hydrogen-bond acceptors (Lipinski definition) is 0. The summed E-state index contributed by atoms with van der Waals surface area (Å²) in [5, 5.41) is 13.5. The molecule has 1 aliphatic rings. The van der Waals surface area contributed by atoms with Gasteiger partial charge in [-0.2, -0.15) is 0 Å². The Kier molecular flexibility index (Phi) is 6.34. The van der Waals surface area contributed by atoms with E-state index in [1.807, 2.05) is 0 Å². The Labute approximate surface area is 294 Å². The third-order valence-corrected chi connectivity index (χ3v) is 15.0. The van der Waals surface area contributed by atoms with Crippen molar-refractivity contribution in [1.29, 1.82) is 0 Å². The molecular formula is C49H36Si. The van der Waals surface area contributed by atoms with Crippen molar-refractivity contribution >= 4 is 61.5 Å². The van der Waals surface area contributed by atoms with Crippen LogP contribution in [0.3, 0.4) is 0 Å². The van der Waals surface area contributed by atoms with Crippen molar-refractivity contribution in [2.75, 3.05) is 0 Å². The number of rotatable bonds is 3. The van der Waals surface area contributed by atoms with E-state index in [-0.39, 0.29) is 0 Å². The molecule has 0 unspecified atom stereocenters. The molecule has 0 amide bonds. The first-order valence-electron chi connectivity index (χ1n) is 17.7. The average Bonchev–Trinajstić information content (AvgIpc) is 3.38. The fraction of sp³-hybridized carbons (Fsp3) is 0.0612. The van der Waals surface area contributed by atoms with Crippen molar-refractivity contribution in [3.63, 3.8) is 0 Å². The van der Waals surface area contributed by atoms with Crippen molar-refractivity contribution < 1.29 is 0 Å². The predicted molar refractivity (Wildman–Crippen MR) is 220 cm³/mol. The third kappa shape index (κ3) is 4.17. The lowest BCUT2D eigenvalue weighted by Crippen LogP contribution is -2.49. The smallest absolute Gasteiger partial charge is 0.0623 e. The van der Waals surface area contributed by atoms with Gasteiger partial charge in [0.05, 0.1) is 0 Å². The average molecular weight is 653 g/mol. The van der Waals surface area contributed by atoms with Gasteiger partial charge in [-0.15, -0.1) is 0 Å². The van der Waals surface area contributed by atoms with E-state index in [2.05, 4.69) is 184 Å². The van der Waals surface area contributed by atoms with Crippen molar-refractivity contribution in [3.05, 3.63) is 169 Å². The minimum Gasteiger partial charge on any atom is -0.0623 e. The summed E-state index contributed by atoms with van der Waals surface area (Å²) in [7, 11) is -1.92. The van der Waals surface area contributed by atoms with Gasteiger partial charge in [-0.05, 0) is 117 Å². The highest BCUT2D eigenvalue weighted by molar-refractivity contribution is 7.04. The van der Waals surface area contributed by atoms with Crippen molar-refractivity contribution in [1.82, 2.24) is 0 Å². The van der Waals surface area contributed by atoms with Gasteiger partial charge in [0, 0.05) is 0 Å². The Morgan fingerprint density at radius 2 is 0.920 bits per heavy atom. The Morgan fingerprint density at radius 3 is 1.72 bits per heavy atom. The summed E-state index contributed by atoms with van der Waals surface area (Å²) >= 11 is 0. The van der Waals surface area contributed by atoms with Crippen LogP contribution in [0.2, 0.25) is 13.1 Å². The van der Waals surface area contributed by atoms with Crippen molar-refractivity contribution in [3.8, 4) is 44.5 Å². The van der Waals surface area contributed by atoms with Crippen LogP contribution in [0, 0.1) is 6.92 Å². The van der Waals surface area contributed by atoms with E-state index in [9.17, 15) is 0 Å². The fourth-order valence-corrected chi connectivity index (χ4v) is 12.0. The molecule has 50 heavy (non-hydrogen) atoms. The molecule has 0 saturated heterocycles. The summed E-state index contributed by atoms with van der Waals surface area (Å²) in [5.41, 5.74) is 11.8. The van der Waals surface area contributed by atoms with Gasteiger partial charge in [0.25, 0.3) is 0 Å². The number of aryl methyl sites for hydroxylation is 1. The molecule has 0 aliphatic carbocycles. The van der Waals surface area contributed by atoms with Gasteiger partial charge in [-0.25, -0.2) is 0 Å². The quantitative estimate of drug-likeness (QED) is 0.132. The predicted octanol–water partition coefficient (Wildman–Crippen LogP) is 12.4. The van der Waals surface area contributed by atoms with Crippen molar-refractivity contribution in [2.24, 2.45) is 0 Å². The largest absolute Gasteiger partial charge is 0.113 e. The minimum atomic E-state index is -1.92. The zero-order valence-electron chi connectivity index (χ0n) is 28.6. The highest BCUT2D eigenvalue weighted by atomic mass is 28.3. The number of fused-ring (bicyclic) bond motifs is 7. The molecule has 0 fully saturated rings. The molecule has 0 saturated carbocycles. The maximum atomic E-state index is 2.60. The van der Waals surface area contributed by atoms with Gasteiger partial charge < -0.3 is 0 Å². The summed E-state index contributed by atoms with van der Waals surface area (Å²) in [5.74, 6) is 0. The molecule has 1 heterocycles. The van der Waals surface area contributed by atoms with Gasteiger partial charge in [0.2, 0.25) is 0 Å². The van der Waals surface area contributed by atoms with Crippen LogP contribution in [0.5, 0.6) is 0 Å². The summed E-state index contributed by atoms with van der Waals surface area (Å²) < 4.78 is 0. The molecule has 0 atom stereocenters. The molecule has 0 N–H and O–H groups in total. The van der Waals surface area contributed by atoms with E-state index >= 15 is 0 Å². The lowest BCUT2D eigenvalue weighted by molar-refractivity contribution is 1.53. The summed E-state index contributed by atoms with van der Waals surface area (Å²) in [6.07, 6.45) is 0. The van der Waals surface area contributed by atoms with Crippen LogP contribution in [0.25, 0.3) is 87.6 Å². The second-order valence-corrected chi connectivity index (χ2v) is 18.8. The molecule has 9 aromatic carbocycles. The fourth-order valence-electron chi connectivity index (χ4n) is 8.93. The molecule has 1 aliphatic heterocycles. The normalized spacial score (nSPS) is 13.3. The van der Waals surface area contributed by atoms with E-state index < -0.39 is 8.07 Å². The molecule has 0 nitrogen and oxygen atoms in total. The zero-order valence-corrected chi connectivity index (χ0v) is 29.6.